The predicted octanol–water partition coefficient (Wildman–Crippen LogP) is 2.95. The Bertz CT molecular complexity index is 410. The first-order chi connectivity index (χ1) is 9.63. The molecule has 3 heteroatoms. The molecule has 0 atom stereocenters. The van der Waals surface area contributed by atoms with Crippen LogP contribution in [0.1, 0.15) is 38.2 Å². The van der Waals surface area contributed by atoms with E-state index in [0.717, 1.165) is 38.3 Å². The van der Waals surface area contributed by atoms with Crippen LogP contribution in [0.5, 0.6) is 0 Å². The minimum absolute atomic E-state index is 0.0977. The molecular formula is C17H26N2O. The Morgan fingerprint density at radius 2 is 2.00 bits per heavy atom. The summed E-state index contributed by atoms with van der Waals surface area (Å²) in [6.07, 6.45) is 10.4. The number of aldehydes is 1. The van der Waals surface area contributed by atoms with E-state index in [4.69, 9.17) is 0 Å². The van der Waals surface area contributed by atoms with Crippen LogP contribution < -0.4 is 0 Å². The number of likely N-dealkylation sites (N-methyl/N-ethyl adjacent to an activating group) is 1. The third kappa shape index (κ3) is 4.14. The minimum Gasteiger partial charge on any atom is -0.305 e. The maximum absolute atomic E-state index is 11.6. The summed E-state index contributed by atoms with van der Waals surface area (Å²) in [5.41, 5.74) is 1.21. The third-order valence-corrected chi connectivity index (χ3v) is 4.64. The Labute approximate surface area is 122 Å². The quantitative estimate of drug-likeness (QED) is 0.748. The van der Waals surface area contributed by atoms with Crippen molar-refractivity contribution in [2.45, 2.75) is 39.0 Å². The number of hydrogen-bond acceptors (Lipinski definition) is 3. The molecule has 0 aliphatic heterocycles. The fraction of sp³-hybridized carbons (Fsp3) is 0.647. The van der Waals surface area contributed by atoms with Crippen LogP contribution in [-0.4, -0.2) is 36.3 Å². The van der Waals surface area contributed by atoms with E-state index < -0.39 is 0 Å². The summed E-state index contributed by atoms with van der Waals surface area (Å²) in [5.74, 6) is 0.783. The van der Waals surface area contributed by atoms with Crippen molar-refractivity contribution in [3.8, 4) is 0 Å². The molecule has 0 N–H and O–H groups in total. The smallest absolute Gasteiger partial charge is 0.127 e. The second kappa shape index (κ2) is 6.98. The molecule has 0 spiro atoms. The lowest BCUT2D eigenvalue weighted by Gasteiger charge is -2.37. The van der Waals surface area contributed by atoms with Crippen LogP contribution >= 0.6 is 0 Å². The SMILES string of the molecule is CC1CCC(C=O)(CN(C)CCc2ccncc2)CC1. The van der Waals surface area contributed by atoms with Crippen LogP contribution in [0.3, 0.4) is 0 Å². The van der Waals surface area contributed by atoms with Crippen molar-refractivity contribution in [3.05, 3.63) is 30.1 Å². The van der Waals surface area contributed by atoms with Gasteiger partial charge in [0.1, 0.15) is 6.29 Å². The van der Waals surface area contributed by atoms with Gasteiger partial charge >= 0.3 is 0 Å². The molecule has 1 aliphatic carbocycles. The van der Waals surface area contributed by atoms with Gasteiger partial charge in [0.05, 0.1) is 0 Å². The Balaban J connectivity index is 1.83. The van der Waals surface area contributed by atoms with Gasteiger partial charge in [-0.3, -0.25) is 4.98 Å². The van der Waals surface area contributed by atoms with Crippen LogP contribution in [0.4, 0.5) is 0 Å². The highest BCUT2D eigenvalue weighted by atomic mass is 16.1. The van der Waals surface area contributed by atoms with Crippen molar-refractivity contribution in [1.82, 2.24) is 9.88 Å². The number of aromatic nitrogens is 1. The van der Waals surface area contributed by atoms with Gasteiger partial charge in [-0.15, -0.1) is 0 Å². The van der Waals surface area contributed by atoms with Gasteiger partial charge in [0.2, 0.25) is 0 Å². The van der Waals surface area contributed by atoms with Crippen LogP contribution in [0.15, 0.2) is 24.5 Å². The van der Waals surface area contributed by atoms with Crippen molar-refractivity contribution < 1.29 is 4.79 Å². The first-order valence-electron chi connectivity index (χ1n) is 7.67. The summed E-state index contributed by atoms with van der Waals surface area (Å²) in [5, 5.41) is 0. The molecule has 0 aromatic carbocycles. The molecule has 1 aromatic heterocycles. The van der Waals surface area contributed by atoms with Crippen molar-refractivity contribution in [2.75, 3.05) is 20.1 Å². The van der Waals surface area contributed by atoms with Gasteiger partial charge < -0.3 is 9.69 Å². The number of hydrogen-bond donors (Lipinski definition) is 0. The first-order valence-corrected chi connectivity index (χ1v) is 7.67. The molecule has 0 radical (unpaired) electrons. The molecule has 0 unspecified atom stereocenters. The highest BCUT2D eigenvalue weighted by Gasteiger charge is 2.34. The molecular weight excluding hydrogens is 248 g/mol. The monoisotopic (exact) mass is 274 g/mol. The van der Waals surface area contributed by atoms with Crippen molar-refractivity contribution in [3.63, 3.8) is 0 Å². The molecule has 1 heterocycles. The third-order valence-electron chi connectivity index (χ3n) is 4.64. The van der Waals surface area contributed by atoms with E-state index in [1.807, 2.05) is 12.4 Å². The van der Waals surface area contributed by atoms with E-state index in [-0.39, 0.29) is 5.41 Å². The summed E-state index contributed by atoms with van der Waals surface area (Å²) < 4.78 is 0. The second-order valence-electron chi connectivity index (χ2n) is 6.51. The number of pyridine rings is 1. The standard InChI is InChI=1S/C17H26N2O/c1-15-3-8-17(14-20,9-4-15)13-19(2)12-7-16-5-10-18-11-6-16/h5-6,10-11,14-15H,3-4,7-9,12-13H2,1-2H3. The van der Waals surface area contributed by atoms with Crippen LogP contribution in [0.25, 0.3) is 0 Å². The zero-order valence-corrected chi connectivity index (χ0v) is 12.7. The Morgan fingerprint density at radius 3 is 2.60 bits per heavy atom. The van der Waals surface area contributed by atoms with E-state index in [1.54, 1.807) is 0 Å². The fourth-order valence-electron chi connectivity index (χ4n) is 3.14. The van der Waals surface area contributed by atoms with E-state index in [9.17, 15) is 4.79 Å². The first kappa shape index (κ1) is 15.2. The van der Waals surface area contributed by atoms with E-state index in [0.29, 0.717) is 0 Å². The number of carbonyl (C=O) groups excluding carboxylic acids is 1. The second-order valence-corrected chi connectivity index (χ2v) is 6.51. The Hall–Kier alpha value is -1.22. The molecule has 0 bridgehead atoms. The van der Waals surface area contributed by atoms with Gasteiger partial charge in [-0.25, -0.2) is 0 Å². The largest absolute Gasteiger partial charge is 0.305 e. The summed E-state index contributed by atoms with van der Waals surface area (Å²) in [6.45, 7) is 4.19. The van der Waals surface area contributed by atoms with Crippen LogP contribution in [-0.2, 0) is 11.2 Å². The lowest BCUT2D eigenvalue weighted by atomic mass is 9.71. The normalized spacial score (nSPS) is 26.6. The molecule has 1 aliphatic rings. The molecule has 0 saturated heterocycles. The van der Waals surface area contributed by atoms with Crippen LogP contribution in [0, 0.1) is 11.3 Å². The van der Waals surface area contributed by atoms with Crippen LogP contribution in [0.2, 0.25) is 0 Å². The summed E-state index contributed by atoms with van der Waals surface area (Å²) in [6, 6.07) is 4.12. The summed E-state index contributed by atoms with van der Waals surface area (Å²) in [7, 11) is 2.13. The molecule has 1 saturated carbocycles. The number of rotatable bonds is 6. The molecule has 2 rings (SSSR count). The summed E-state index contributed by atoms with van der Waals surface area (Å²) in [4.78, 5) is 17.9. The number of nitrogens with zero attached hydrogens (tertiary/aromatic N) is 2. The Kier molecular flexibility index (Phi) is 5.30. The average molecular weight is 274 g/mol. The van der Waals surface area contributed by atoms with E-state index in [1.165, 1.54) is 24.7 Å². The number of carbonyl (C=O) groups is 1. The molecule has 1 aromatic rings. The predicted molar refractivity (Wildman–Crippen MR) is 81.6 cm³/mol. The molecule has 20 heavy (non-hydrogen) atoms. The van der Waals surface area contributed by atoms with Crippen molar-refractivity contribution in [2.24, 2.45) is 11.3 Å². The lowest BCUT2D eigenvalue weighted by molar-refractivity contribution is -0.119. The zero-order chi connectivity index (χ0) is 14.4. The lowest BCUT2D eigenvalue weighted by Crippen LogP contribution is -2.40. The van der Waals surface area contributed by atoms with E-state index in [2.05, 4.69) is 36.0 Å². The molecule has 3 nitrogen and oxygen atoms in total. The summed E-state index contributed by atoms with van der Waals surface area (Å²) >= 11 is 0. The Morgan fingerprint density at radius 1 is 1.35 bits per heavy atom. The fourth-order valence-corrected chi connectivity index (χ4v) is 3.14. The topological polar surface area (TPSA) is 33.2 Å². The van der Waals surface area contributed by atoms with Gasteiger partial charge in [0.15, 0.2) is 0 Å². The zero-order valence-electron chi connectivity index (χ0n) is 12.7. The van der Waals surface area contributed by atoms with Crippen molar-refractivity contribution in [1.29, 1.82) is 0 Å². The maximum atomic E-state index is 11.6. The minimum atomic E-state index is -0.0977. The van der Waals surface area contributed by atoms with E-state index >= 15 is 0 Å². The van der Waals surface area contributed by atoms with Gasteiger partial charge in [-0.2, -0.15) is 0 Å². The molecule has 1 fully saturated rings. The van der Waals surface area contributed by atoms with Gasteiger partial charge in [0, 0.05) is 30.9 Å². The highest BCUT2D eigenvalue weighted by Crippen LogP contribution is 2.37. The van der Waals surface area contributed by atoms with Gasteiger partial charge in [-0.1, -0.05) is 6.92 Å². The van der Waals surface area contributed by atoms with Gasteiger partial charge in [0.25, 0.3) is 0 Å². The molecule has 0 amide bonds. The van der Waals surface area contributed by atoms with Gasteiger partial charge in [-0.05, 0) is 62.8 Å². The van der Waals surface area contributed by atoms with Crippen molar-refractivity contribution >= 4 is 6.29 Å². The molecule has 110 valence electrons. The average Bonchev–Trinajstić information content (AvgIpc) is 2.49. The maximum Gasteiger partial charge on any atom is 0.127 e. The highest BCUT2D eigenvalue weighted by molar-refractivity contribution is 5.60.